The molecule has 1 aliphatic heterocycles. The Morgan fingerprint density at radius 2 is 2.29 bits per heavy atom. The van der Waals surface area contributed by atoms with E-state index >= 15 is 0 Å². The second kappa shape index (κ2) is 7.28. The molecule has 114 valence electrons. The van der Waals surface area contributed by atoms with Crippen LogP contribution < -0.4 is 11.1 Å². The Morgan fingerprint density at radius 1 is 1.48 bits per heavy atom. The van der Waals surface area contributed by atoms with Gasteiger partial charge in [0.25, 0.3) is 5.91 Å². The number of amides is 1. The lowest BCUT2D eigenvalue weighted by Gasteiger charge is -2.11. The van der Waals surface area contributed by atoms with Gasteiger partial charge >= 0.3 is 5.97 Å². The zero-order valence-corrected chi connectivity index (χ0v) is 12.2. The lowest BCUT2D eigenvalue weighted by atomic mass is 10.2. The summed E-state index contributed by atoms with van der Waals surface area (Å²) < 4.78 is 10.3. The quantitative estimate of drug-likeness (QED) is 0.633. The molecule has 0 aromatic heterocycles. The molecule has 6 nitrogen and oxygen atoms in total. The first kappa shape index (κ1) is 15.6. The Morgan fingerprint density at radius 3 is 2.95 bits per heavy atom. The summed E-state index contributed by atoms with van der Waals surface area (Å²) in [4.78, 5) is 23.3. The zero-order chi connectivity index (χ0) is 15.2. The van der Waals surface area contributed by atoms with Gasteiger partial charge in [0.1, 0.15) is 0 Å². The van der Waals surface area contributed by atoms with Gasteiger partial charge in [0.2, 0.25) is 0 Å². The van der Waals surface area contributed by atoms with E-state index in [0.717, 1.165) is 19.4 Å². The summed E-state index contributed by atoms with van der Waals surface area (Å²) in [5, 5.41) is 3.03. The topological polar surface area (TPSA) is 90.7 Å². The van der Waals surface area contributed by atoms with Crippen molar-refractivity contribution in [2.45, 2.75) is 18.9 Å². The van der Waals surface area contributed by atoms with Crippen LogP contribution in [0.3, 0.4) is 0 Å². The molecule has 7 heteroatoms. The van der Waals surface area contributed by atoms with Crippen molar-refractivity contribution in [3.8, 4) is 0 Å². The molecule has 0 unspecified atom stereocenters. The smallest absolute Gasteiger partial charge is 0.338 e. The summed E-state index contributed by atoms with van der Waals surface area (Å²) in [7, 11) is 0. The third kappa shape index (κ3) is 4.61. The molecule has 0 spiro atoms. The summed E-state index contributed by atoms with van der Waals surface area (Å²) in [6.07, 6.45) is 2.00. The maximum Gasteiger partial charge on any atom is 0.338 e. The number of carbonyl (C=O) groups is 2. The average Bonchev–Trinajstić information content (AvgIpc) is 2.98. The molecular weight excluding hydrogens is 296 g/mol. The number of rotatable bonds is 5. The van der Waals surface area contributed by atoms with Crippen molar-refractivity contribution in [1.82, 2.24) is 5.32 Å². The molecule has 1 aromatic carbocycles. The van der Waals surface area contributed by atoms with E-state index in [1.807, 2.05) is 0 Å². The number of hydrogen-bond donors (Lipinski definition) is 2. The Kier molecular flexibility index (Phi) is 5.41. The van der Waals surface area contributed by atoms with Crippen LogP contribution in [0.2, 0.25) is 5.02 Å². The summed E-state index contributed by atoms with van der Waals surface area (Å²) in [6.45, 7) is 0.825. The lowest BCUT2D eigenvalue weighted by Crippen LogP contribution is -2.34. The minimum atomic E-state index is -0.620. The number of esters is 1. The van der Waals surface area contributed by atoms with E-state index in [0.29, 0.717) is 11.6 Å². The number of nitrogens with one attached hydrogen (secondary N) is 1. The van der Waals surface area contributed by atoms with Crippen molar-refractivity contribution < 1.29 is 19.1 Å². The molecule has 1 heterocycles. The SMILES string of the molecule is Nc1cc(C(=O)OCC(=O)NC[C@@H]2CCCO2)ccc1Cl. The van der Waals surface area contributed by atoms with Crippen LogP contribution in [0.15, 0.2) is 18.2 Å². The maximum absolute atomic E-state index is 11.7. The fourth-order valence-corrected chi connectivity index (χ4v) is 2.09. The van der Waals surface area contributed by atoms with Gasteiger partial charge in [0, 0.05) is 13.2 Å². The fourth-order valence-electron chi connectivity index (χ4n) is 1.97. The molecule has 0 aliphatic carbocycles. The van der Waals surface area contributed by atoms with E-state index in [-0.39, 0.29) is 29.9 Å². The highest BCUT2D eigenvalue weighted by Crippen LogP contribution is 2.19. The molecule has 3 N–H and O–H groups in total. The normalized spacial score (nSPS) is 17.5. The molecule has 1 amide bonds. The van der Waals surface area contributed by atoms with Crippen molar-refractivity contribution in [3.05, 3.63) is 28.8 Å². The number of carbonyl (C=O) groups excluding carboxylic acids is 2. The summed E-state index contributed by atoms with van der Waals surface area (Å²) in [5.74, 6) is -0.980. The Balaban J connectivity index is 1.74. The minimum Gasteiger partial charge on any atom is -0.452 e. The summed E-state index contributed by atoms with van der Waals surface area (Å²) in [6, 6.07) is 4.41. The van der Waals surface area contributed by atoms with Gasteiger partial charge in [0.15, 0.2) is 6.61 Å². The molecule has 1 aromatic rings. The Bertz CT molecular complexity index is 530. The molecule has 0 saturated carbocycles. The highest BCUT2D eigenvalue weighted by molar-refractivity contribution is 6.33. The minimum absolute atomic E-state index is 0.0562. The second-order valence-corrected chi connectivity index (χ2v) is 5.16. The number of hydrogen-bond acceptors (Lipinski definition) is 5. The lowest BCUT2D eigenvalue weighted by molar-refractivity contribution is -0.124. The van der Waals surface area contributed by atoms with Crippen molar-refractivity contribution in [3.63, 3.8) is 0 Å². The van der Waals surface area contributed by atoms with Crippen LogP contribution in [-0.4, -0.2) is 37.7 Å². The monoisotopic (exact) mass is 312 g/mol. The van der Waals surface area contributed by atoms with Gasteiger partial charge in [-0.3, -0.25) is 4.79 Å². The first-order valence-electron chi connectivity index (χ1n) is 6.66. The van der Waals surface area contributed by atoms with Crippen LogP contribution in [0.25, 0.3) is 0 Å². The van der Waals surface area contributed by atoms with Gasteiger partial charge in [0.05, 0.1) is 22.4 Å². The van der Waals surface area contributed by atoms with Gasteiger partial charge in [-0.1, -0.05) is 11.6 Å². The highest BCUT2D eigenvalue weighted by Gasteiger charge is 2.17. The van der Waals surface area contributed by atoms with E-state index < -0.39 is 5.97 Å². The number of anilines is 1. The van der Waals surface area contributed by atoms with Crippen LogP contribution >= 0.6 is 11.6 Å². The number of ether oxygens (including phenoxy) is 2. The molecular formula is C14H17ClN2O4. The second-order valence-electron chi connectivity index (χ2n) is 4.75. The molecule has 0 bridgehead atoms. The van der Waals surface area contributed by atoms with Crippen molar-refractivity contribution in [2.75, 3.05) is 25.5 Å². The van der Waals surface area contributed by atoms with Crippen molar-refractivity contribution in [1.29, 1.82) is 0 Å². The van der Waals surface area contributed by atoms with Crippen LogP contribution in [0, 0.1) is 0 Å². The van der Waals surface area contributed by atoms with E-state index in [1.165, 1.54) is 18.2 Å². The molecule has 1 aliphatic rings. The predicted molar refractivity (Wildman–Crippen MR) is 78.1 cm³/mol. The number of halogens is 1. The molecule has 1 atom stereocenters. The predicted octanol–water partition coefficient (Wildman–Crippen LogP) is 1.37. The van der Waals surface area contributed by atoms with Gasteiger partial charge < -0.3 is 20.5 Å². The largest absolute Gasteiger partial charge is 0.452 e. The first-order valence-corrected chi connectivity index (χ1v) is 7.04. The van der Waals surface area contributed by atoms with Crippen LogP contribution in [-0.2, 0) is 14.3 Å². The zero-order valence-electron chi connectivity index (χ0n) is 11.4. The highest BCUT2D eigenvalue weighted by atomic mass is 35.5. The maximum atomic E-state index is 11.7. The summed E-state index contributed by atoms with van der Waals surface area (Å²) in [5.41, 5.74) is 6.14. The number of nitrogen functional groups attached to an aromatic ring is 1. The van der Waals surface area contributed by atoms with E-state index in [4.69, 9.17) is 26.8 Å². The third-order valence-corrected chi connectivity index (χ3v) is 3.46. The van der Waals surface area contributed by atoms with Gasteiger partial charge in [-0.05, 0) is 31.0 Å². The third-order valence-electron chi connectivity index (χ3n) is 3.12. The van der Waals surface area contributed by atoms with Crippen LogP contribution in [0.5, 0.6) is 0 Å². The van der Waals surface area contributed by atoms with Crippen LogP contribution in [0.4, 0.5) is 5.69 Å². The van der Waals surface area contributed by atoms with Gasteiger partial charge in [-0.15, -0.1) is 0 Å². The van der Waals surface area contributed by atoms with Gasteiger partial charge in [-0.2, -0.15) is 0 Å². The standard InChI is InChI=1S/C14H17ClN2O4/c15-11-4-3-9(6-12(11)16)14(19)21-8-13(18)17-7-10-2-1-5-20-10/h3-4,6,10H,1-2,5,7-8,16H2,(H,17,18)/t10-/m0/s1. The Labute approximate surface area is 127 Å². The van der Waals surface area contributed by atoms with Crippen LogP contribution in [0.1, 0.15) is 23.2 Å². The van der Waals surface area contributed by atoms with E-state index in [2.05, 4.69) is 5.32 Å². The van der Waals surface area contributed by atoms with Crippen molar-refractivity contribution in [2.24, 2.45) is 0 Å². The Hall–Kier alpha value is -1.79. The average molecular weight is 313 g/mol. The molecule has 1 fully saturated rings. The molecule has 2 rings (SSSR count). The van der Waals surface area contributed by atoms with Crippen molar-refractivity contribution >= 4 is 29.2 Å². The molecule has 1 saturated heterocycles. The molecule has 0 radical (unpaired) electrons. The fraction of sp³-hybridized carbons (Fsp3) is 0.429. The molecule has 21 heavy (non-hydrogen) atoms. The van der Waals surface area contributed by atoms with Gasteiger partial charge in [-0.25, -0.2) is 4.79 Å². The summed E-state index contributed by atoms with van der Waals surface area (Å²) >= 11 is 5.76. The number of benzene rings is 1. The van der Waals surface area contributed by atoms with E-state index in [1.54, 1.807) is 0 Å². The first-order chi connectivity index (χ1) is 10.1. The number of nitrogens with two attached hydrogens (primary N) is 1. The van der Waals surface area contributed by atoms with E-state index in [9.17, 15) is 9.59 Å².